The third-order valence-electron chi connectivity index (χ3n) is 5.03. The van der Waals surface area contributed by atoms with Crippen LogP contribution in [0.4, 0.5) is 5.69 Å². The van der Waals surface area contributed by atoms with Crippen molar-refractivity contribution in [3.05, 3.63) is 59.7 Å². The maximum absolute atomic E-state index is 13.2. The maximum Gasteiger partial charge on any atom is 0.243 e. The molecule has 1 aliphatic rings. The number of hydrogen-bond donors (Lipinski definition) is 0. The molecule has 1 amide bonds. The molecule has 0 radical (unpaired) electrons. The molecule has 1 atom stereocenters. The van der Waals surface area contributed by atoms with Gasteiger partial charge < -0.3 is 4.90 Å². The van der Waals surface area contributed by atoms with Crippen LogP contribution in [0, 0.1) is 0 Å². The van der Waals surface area contributed by atoms with E-state index in [-0.39, 0.29) is 16.8 Å². The highest BCUT2D eigenvalue weighted by atomic mass is 32.2. The molecule has 0 aliphatic carbocycles. The molecule has 1 heterocycles. The van der Waals surface area contributed by atoms with Gasteiger partial charge in [-0.05, 0) is 42.7 Å². The zero-order valence-electron chi connectivity index (χ0n) is 16.1. The number of hydrogen-bond acceptors (Lipinski definition) is 3. The Balaban J connectivity index is 1.92. The number of carbonyl (C=O) groups excluding carboxylic acids is 1. The highest BCUT2D eigenvalue weighted by Crippen LogP contribution is 2.35. The molecule has 6 heteroatoms. The lowest BCUT2D eigenvalue weighted by Crippen LogP contribution is -2.35. The number of amides is 1. The molecule has 0 spiro atoms. The Morgan fingerprint density at radius 3 is 2.48 bits per heavy atom. The molecule has 0 N–H and O–H groups in total. The van der Waals surface area contributed by atoms with Crippen molar-refractivity contribution in [3.8, 4) is 0 Å². The Labute approximate surface area is 161 Å². The molecule has 5 nitrogen and oxygen atoms in total. The summed E-state index contributed by atoms with van der Waals surface area (Å²) in [5.74, 6) is 0.0659. The van der Waals surface area contributed by atoms with Crippen LogP contribution in [0.1, 0.15) is 38.3 Å². The molecule has 0 saturated heterocycles. The van der Waals surface area contributed by atoms with Gasteiger partial charge in [0.25, 0.3) is 0 Å². The minimum atomic E-state index is -3.60. The van der Waals surface area contributed by atoms with Crippen LogP contribution in [-0.4, -0.2) is 31.2 Å². The second-order valence-electron chi connectivity index (χ2n) is 6.88. The summed E-state index contributed by atoms with van der Waals surface area (Å²) >= 11 is 0. The summed E-state index contributed by atoms with van der Waals surface area (Å²) in [6.07, 6.45) is 1.11. The number of fused-ring (bicyclic) bond motifs is 1. The number of carbonyl (C=O) groups is 1. The van der Waals surface area contributed by atoms with Crippen LogP contribution in [0.25, 0.3) is 0 Å². The molecule has 0 unspecified atom stereocenters. The van der Waals surface area contributed by atoms with Crippen LogP contribution in [0.3, 0.4) is 0 Å². The van der Waals surface area contributed by atoms with Crippen molar-refractivity contribution in [2.45, 2.75) is 51.1 Å². The van der Waals surface area contributed by atoms with Gasteiger partial charge in [-0.3, -0.25) is 4.79 Å². The molecule has 3 rings (SSSR count). The zero-order valence-corrected chi connectivity index (χ0v) is 16.9. The second kappa shape index (κ2) is 7.82. The third kappa shape index (κ3) is 3.77. The van der Waals surface area contributed by atoms with Gasteiger partial charge >= 0.3 is 0 Å². The van der Waals surface area contributed by atoms with Gasteiger partial charge in [0.1, 0.15) is 0 Å². The summed E-state index contributed by atoms with van der Waals surface area (Å²) in [7, 11) is -3.60. The Hall–Kier alpha value is -2.18. The van der Waals surface area contributed by atoms with Crippen molar-refractivity contribution in [2.24, 2.45) is 0 Å². The van der Waals surface area contributed by atoms with E-state index >= 15 is 0 Å². The SMILES string of the molecule is CCC(=O)N1c2ccc(S(=O)(=O)N(CC)Cc3ccccc3)cc2C[C@H]1C. The van der Waals surface area contributed by atoms with Crippen LogP contribution in [0.15, 0.2) is 53.4 Å². The first-order valence-electron chi connectivity index (χ1n) is 9.37. The summed E-state index contributed by atoms with van der Waals surface area (Å²) in [4.78, 5) is 14.3. The van der Waals surface area contributed by atoms with Gasteiger partial charge in [-0.1, -0.05) is 44.2 Å². The molecule has 2 aromatic carbocycles. The van der Waals surface area contributed by atoms with Crippen LogP contribution in [-0.2, 0) is 27.8 Å². The van der Waals surface area contributed by atoms with Gasteiger partial charge in [-0.25, -0.2) is 8.42 Å². The molecule has 0 bridgehead atoms. The first-order chi connectivity index (χ1) is 12.9. The van der Waals surface area contributed by atoms with E-state index in [1.807, 2.05) is 51.1 Å². The lowest BCUT2D eigenvalue weighted by molar-refractivity contribution is -0.118. The topological polar surface area (TPSA) is 57.7 Å². The Morgan fingerprint density at radius 1 is 1.15 bits per heavy atom. The summed E-state index contributed by atoms with van der Waals surface area (Å²) in [6.45, 7) is 6.42. The molecule has 1 aliphatic heterocycles. The van der Waals surface area contributed by atoms with E-state index in [2.05, 4.69) is 0 Å². The van der Waals surface area contributed by atoms with E-state index in [4.69, 9.17) is 0 Å². The van der Waals surface area contributed by atoms with Crippen molar-refractivity contribution in [2.75, 3.05) is 11.4 Å². The van der Waals surface area contributed by atoms with Crippen molar-refractivity contribution < 1.29 is 13.2 Å². The van der Waals surface area contributed by atoms with Crippen molar-refractivity contribution >= 4 is 21.6 Å². The third-order valence-corrected chi connectivity index (χ3v) is 6.95. The smallest absolute Gasteiger partial charge is 0.243 e. The standard InChI is InChI=1S/C21H26N2O3S/c1-4-21(24)23-16(3)13-18-14-19(11-12-20(18)23)27(25,26)22(5-2)15-17-9-7-6-8-10-17/h6-12,14,16H,4-5,13,15H2,1-3H3/t16-/m1/s1. The van der Waals surface area contributed by atoms with Gasteiger partial charge in [0.2, 0.25) is 15.9 Å². The number of nitrogens with zero attached hydrogens (tertiary/aromatic N) is 2. The van der Waals surface area contributed by atoms with Crippen LogP contribution >= 0.6 is 0 Å². The van der Waals surface area contributed by atoms with Crippen LogP contribution in [0.5, 0.6) is 0 Å². The van der Waals surface area contributed by atoms with Crippen LogP contribution in [0.2, 0.25) is 0 Å². The predicted molar refractivity (Wildman–Crippen MR) is 107 cm³/mol. The highest BCUT2D eigenvalue weighted by molar-refractivity contribution is 7.89. The largest absolute Gasteiger partial charge is 0.309 e. The Bertz CT molecular complexity index is 926. The van der Waals surface area contributed by atoms with E-state index in [1.54, 1.807) is 23.1 Å². The quantitative estimate of drug-likeness (QED) is 0.762. The molecule has 2 aromatic rings. The monoisotopic (exact) mass is 386 g/mol. The van der Waals surface area contributed by atoms with Gasteiger partial charge in [0.05, 0.1) is 4.90 Å². The van der Waals surface area contributed by atoms with Crippen molar-refractivity contribution in [3.63, 3.8) is 0 Å². The number of benzene rings is 2. The van der Waals surface area contributed by atoms with Gasteiger partial charge in [-0.2, -0.15) is 4.31 Å². The lowest BCUT2D eigenvalue weighted by Gasteiger charge is -2.23. The highest BCUT2D eigenvalue weighted by Gasteiger charge is 2.32. The van der Waals surface area contributed by atoms with Gasteiger partial charge in [0, 0.05) is 31.2 Å². The summed E-state index contributed by atoms with van der Waals surface area (Å²) in [6, 6.07) is 14.8. The number of sulfonamides is 1. The van der Waals surface area contributed by atoms with Gasteiger partial charge in [0.15, 0.2) is 0 Å². The first-order valence-corrected chi connectivity index (χ1v) is 10.8. The molecule has 0 aromatic heterocycles. The van der Waals surface area contributed by atoms with E-state index in [9.17, 15) is 13.2 Å². The van der Waals surface area contributed by atoms with Crippen molar-refractivity contribution in [1.82, 2.24) is 4.31 Å². The average molecular weight is 387 g/mol. The molecular formula is C21H26N2O3S. The maximum atomic E-state index is 13.2. The van der Waals surface area contributed by atoms with E-state index in [0.29, 0.717) is 25.9 Å². The first kappa shape index (κ1) is 19.6. The fourth-order valence-corrected chi connectivity index (χ4v) is 5.11. The van der Waals surface area contributed by atoms with Crippen LogP contribution < -0.4 is 4.90 Å². The van der Waals surface area contributed by atoms with E-state index in [1.165, 1.54) is 4.31 Å². The van der Waals surface area contributed by atoms with E-state index < -0.39 is 10.0 Å². The van der Waals surface area contributed by atoms with Gasteiger partial charge in [-0.15, -0.1) is 0 Å². The van der Waals surface area contributed by atoms with E-state index in [0.717, 1.165) is 16.8 Å². The lowest BCUT2D eigenvalue weighted by atomic mass is 10.1. The summed E-state index contributed by atoms with van der Waals surface area (Å²) in [5, 5.41) is 0. The molecule has 144 valence electrons. The average Bonchev–Trinajstić information content (AvgIpc) is 3.01. The minimum absolute atomic E-state index is 0.0528. The zero-order chi connectivity index (χ0) is 19.6. The fraction of sp³-hybridized carbons (Fsp3) is 0.381. The summed E-state index contributed by atoms with van der Waals surface area (Å²) in [5.41, 5.74) is 2.71. The molecular weight excluding hydrogens is 360 g/mol. The fourth-order valence-electron chi connectivity index (χ4n) is 3.62. The molecule has 0 fully saturated rings. The molecule has 0 saturated carbocycles. The Kier molecular flexibility index (Phi) is 5.67. The normalized spacial score (nSPS) is 16.6. The minimum Gasteiger partial charge on any atom is -0.309 e. The predicted octanol–water partition coefficient (Wildman–Crippen LogP) is 3.59. The number of anilines is 1. The Morgan fingerprint density at radius 2 is 1.85 bits per heavy atom. The second-order valence-corrected chi connectivity index (χ2v) is 8.82. The molecule has 27 heavy (non-hydrogen) atoms. The number of rotatable bonds is 6. The summed E-state index contributed by atoms with van der Waals surface area (Å²) < 4.78 is 27.8. The van der Waals surface area contributed by atoms with Crippen molar-refractivity contribution in [1.29, 1.82) is 0 Å².